The van der Waals surface area contributed by atoms with E-state index in [1.54, 1.807) is 19.9 Å². The number of nitrogens with zero attached hydrogens (tertiary/aromatic N) is 2. The summed E-state index contributed by atoms with van der Waals surface area (Å²) in [4.78, 5) is 23.8. The standard InChI is InChI=1S/C15H21N3O3/c1-9-8-12(10(2)18-17-9)14(19)16-13(15(20)21)11-6-4-3-5-7-11/h8,11,13H,3-7H2,1-2H3,(H,16,19)(H,20,21). The highest BCUT2D eigenvalue weighted by molar-refractivity contribution is 5.97. The maximum atomic E-state index is 12.3. The van der Waals surface area contributed by atoms with E-state index >= 15 is 0 Å². The average molecular weight is 291 g/mol. The minimum atomic E-state index is -0.966. The molecule has 2 rings (SSSR count). The Morgan fingerprint density at radius 2 is 1.90 bits per heavy atom. The summed E-state index contributed by atoms with van der Waals surface area (Å²) >= 11 is 0. The topological polar surface area (TPSA) is 92.2 Å². The van der Waals surface area contributed by atoms with Gasteiger partial charge in [0.25, 0.3) is 5.91 Å². The molecule has 1 atom stereocenters. The molecule has 1 aliphatic carbocycles. The van der Waals surface area contributed by atoms with Gasteiger partial charge >= 0.3 is 5.97 Å². The molecule has 114 valence electrons. The number of hydrogen-bond acceptors (Lipinski definition) is 4. The molecule has 2 N–H and O–H groups in total. The number of amides is 1. The second-order valence-corrected chi connectivity index (χ2v) is 5.67. The first-order chi connectivity index (χ1) is 9.99. The Morgan fingerprint density at radius 1 is 1.24 bits per heavy atom. The SMILES string of the molecule is Cc1cc(C(=O)NC(C(=O)O)C2CCCCC2)c(C)nn1. The molecule has 0 radical (unpaired) electrons. The van der Waals surface area contributed by atoms with Gasteiger partial charge in [-0.15, -0.1) is 0 Å². The summed E-state index contributed by atoms with van der Waals surface area (Å²) in [5, 5.41) is 19.9. The van der Waals surface area contributed by atoms with Crippen LogP contribution in [0.15, 0.2) is 6.07 Å². The molecule has 6 nitrogen and oxygen atoms in total. The second kappa shape index (κ2) is 6.65. The summed E-state index contributed by atoms with van der Waals surface area (Å²) < 4.78 is 0. The van der Waals surface area contributed by atoms with Gasteiger partial charge in [-0.25, -0.2) is 4.79 Å². The number of aromatic nitrogens is 2. The molecule has 1 heterocycles. The fourth-order valence-electron chi connectivity index (χ4n) is 2.85. The minimum absolute atomic E-state index is 0.0106. The van der Waals surface area contributed by atoms with Crippen LogP contribution in [0.25, 0.3) is 0 Å². The van der Waals surface area contributed by atoms with E-state index in [0.717, 1.165) is 32.1 Å². The highest BCUT2D eigenvalue weighted by Crippen LogP contribution is 2.27. The van der Waals surface area contributed by atoms with E-state index in [4.69, 9.17) is 0 Å². The van der Waals surface area contributed by atoms with Crippen molar-refractivity contribution in [3.63, 3.8) is 0 Å². The van der Waals surface area contributed by atoms with Gasteiger partial charge < -0.3 is 10.4 Å². The number of carbonyl (C=O) groups is 2. The Labute approximate surface area is 124 Å². The monoisotopic (exact) mass is 291 g/mol. The fourth-order valence-corrected chi connectivity index (χ4v) is 2.85. The molecule has 1 aliphatic rings. The maximum Gasteiger partial charge on any atom is 0.326 e. The van der Waals surface area contributed by atoms with Gasteiger partial charge in [0.05, 0.1) is 17.0 Å². The molecule has 0 bridgehead atoms. The van der Waals surface area contributed by atoms with Crippen LogP contribution in [0.1, 0.15) is 53.8 Å². The molecule has 1 saturated carbocycles. The van der Waals surface area contributed by atoms with Crippen LogP contribution in [-0.4, -0.2) is 33.2 Å². The molecular formula is C15H21N3O3. The molecule has 1 aromatic heterocycles. The third-order valence-corrected chi connectivity index (χ3v) is 4.02. The van der Waals surface area contributed by atoms with Crippen molar-refractivity contribution in [1.29, 1.82) is 0 Å². The quantitative estimate of drug-likeness (QED) is 0.883. The van der Waals surface area contributed by atoms with Crippen molar-refractivity contribution in [3.05, 3.63) is 23.0 Å². The Balaban J connectivity index is 2.14. The van der Waals surface area contributed by atoms with Crippen LogP contribution >= 0.6 is 0 Å². The van der Waals surface area contributed by atoms with Crippen molar-refractivity contribution in [2.24, 2.45) is 5.92 Å². The first-order valence-corrected chi connectivity index (χ1v) is 7.33. The zero-order valence-corrected chi connectivity index (χ0v) is 12.4. The van der Waals surface area contributed by atoms with Crippen molar-refractivity contribution in [3.8, 4) is 0 Å². The van der Waals surface area contributed by atoms with Gasteiger partial charge in [0, 0.05) is 0 Å². The number of carboxylic acid groups (broad SMARTS) is 1. The van der Waals surface area contributed by atoms with Gasteiger partial charge in [0.1, 0.15) is 6.04 Å². The predicted molar refractivity (Wildman–Crippen MR) is 77.0 cm³/mol. The van der Waals surface area contributed by atoms with E-state index < -0.39 is 12.0 Å². The lowest BCUT2D eigenvalue weighted by Crippen LogP contribution is -2.46. The summed E-state index contributed by atoms with van der Waals surface area (Å²) in [6.07, 6.45) is 4.90. The third kappa shape index (κ3) is 3.77. The van der Waals surface area contributed by atoms with E-state index in [1.807, 2.05) is 0 Å². The van der Waals surface area contributed by atoms with Gasteiger partial charge in [-0.3, -0.25) is 4.79 Å². The first kappa shape index (κ1) is 15.4. The lowest BCUT2D eigenvalue weighted by atomic mass is 9.84. The summed E-state index contributed by atoms with van der Waals surface area (Å²) in [5.74, 6) is -1.34. The molecular weight excluding hydrogens is 270 g/mol. The lowest BCUT2D eigenvalue weighted by molar-refractivity contribution is -0.141. The van der Waals surface area contributed by atoms with Gasteiger partial charge in [0.2, 0.25) is 0 Å². The molecule has 0 spiro atoms. The first-order valence-electron chi connectivity index (χ1n) is 7.33. The largest absolute Gasteiger partial charge is 0.480 e. The van der Waals surface area contributed by atoms with Gasteiger partial charge in [-0.05, 0) is 38.7 Å². The highest BCUT2D eigenvalue weighted by atomic mass is 16.4. The number of carbonyl (C=O) groups excluding carboxylic acids is 1. The number of aryl methyl sites for hydroxylation is 2. The molecule has 21 heavy (non-hydrogen) atoms. The molecule has 6 heteroatoms. The average Bonchev–Trinajstić information content (AvgIpc) is 2.47. The molecule has 1 fully saturated rings. The summed E-state index contributed by atoms with van der Waals surface area (Å²) in [6.45, 7) is 3.44. The molecule has 1 aromatic rings. The molecule has 0 saturated heterocycles. The van der Waals surface area contributed by atoms with Crippen LogP contribution in [0.3, 0.4) is 0 Å². The number of rotatable bonds is 4. The van der Waals surface area contributed by atoms with Crippen molar-refractivity contribution in [2.45, 2.75) is 52.0 Å². The normalized spacial score (nSPS) is 17.2. The van der Waals surface area contributed by atoms with Crippen molar-refractivity contribution in [2.75, 3.05) is 0 Å². The molecule has 0 aliphatic heterocycles. The Hall–Kier alpha value is -1.98. The van der Waals surface area contributed by atoms with E-state index in [-0.39, 0.29) is 11.8 Å². The van der Waals surface area contributed by atoms with Gasteiger partial charge in [0.15, 0.2) is 0 Å². The number of aliphatic carboxylic acids is 1. The molecule has 1 unspecified atom stereocenters. The Kier molecular flexibility index (Phi) is 4.88. The Morgan fingerprint density at radius 3 is 2.52 bits per heavy atom. The zero-order chi connectivity index (χ0) is 15.4. The van der Waals surface area contributed by atoms with Crippen molar-refractivity contribution < 1.29 is 14.7 Å². The maximum absolute atomic E-state index is 12.3. The second-order valence-electron chi connectivity index (χ2n) is 5.67. The molecule has 1 amide bonds. The lowest BCUT2D eigenvalue weighted by Gasteiger charge is -2.28. The molecule has 0 aromatic carbocycles. The van der Waals surface area contributed by atoms with Crippen LogP contribution in [0.4, 0.5) is 0 Å². The van der Waals surface area contributed by atoms with Crippen LogP contribution in [0, 0.1) is 19.8 Å². The zero-order valence-electron chi connectivity index (χ0n) is 12.4. The number of carboxylic acids is 1. The number of hydrogen-bond donors (Lipinski definition) is 2. The van der Waals surface area contributed by atoms with E-state index in [2.05, 4.69) is 15.5 Å². The van der Waals surface area contributed by atoms with Crippen LogP contribution < -0.4 is 5.32 Å². The van der Waals surface area contributed by atoms with Crippen LogP contribution in [-0.2, 0) is 4.79 Å². The van der Waals surface area contributed by atoms with Crippen LogP contribution in [0.2, 0.25) is 0 Å². The van der Waals surface area contributed by atoms with Crippen LogP contribution in [0.5, 0.6) is 0 Å². The number of nitrogens with one attached hydrogen (secondary N) is 1. The van der Waals surface area contributed by atoms with E-state index in [0.29, 0.717) is 17.0 Å². The van der Waals surface area contributed by atoms with Gasteiger partial charge in [-0.1, -0.05) is 19.3 Å². The summed E-state index contributed by atoms with van der Waals surface area (Å²) in [7, 11) is 0. The fraction of sp³-hybridized carbons (Fsp3) is 0.600. The Bertz CT molecular complexity index is 539. The third-order valence-electron chi connectivity index (χ3n) is 4.02. The van der Waals surface area contributed by atoms with E-state index in [9.17, 15) is 14.7 Å². The van der Waals surface area contributed by atoms with E-state index in [1.165, 1.54) is 0 Å². The highest BCUT2D eigenvalue weighted by Gasteiger charge is 2.31. The summed E-state index contributed by atoms with van der Waals surface area (Å²) in [5.41, 5.74) is 1.53. The summed E-state index contributed by atoms with van der Waals surface area (Å²) in [6, 6.07) is 0.808. The van der Waals surface area contributed by atoms with Crippen molar-refractivity contribution >= 4 is 11.9 Å². The van der Waals surface area contributed by atoms with Gasteiger partial charge in [-0.2, -0.15) is 10.2 Å². The predicted octanol–water partition coefficient (Wildman–Crippen LogP) is 1.86. The van der Waals surface area contributed by atoms with Crippen molar-refractivity contribution in [1.82, 2.24) is 15.5 Å². The smallest absolute Gasteiger partial charge is 0.326 e. The minimum Gasteiger partial charge on any atom is -0.480 e.